The van der Waals surface area contributed by atoms with Gasteiger partial charge in [0.15, 0.2) is 5.84 Å². The molecule has 11 heteroatoms. The molecule has 1 aliphatic rings. The van der Waals surface area contributed by atoms with Gasteiger partial charge in [0.2, 0.25) is 0 Å². The molecule has 1 aromatic heterocycles. The summed E-state index contributed by atoms with van der Waals surface area (Å²) in [6.07, 6.45) is 1.09. The number of aromatic nitrogens is 2. The van der Waals surface area contributed by atoms with Crippen molar-refractivity contribution in [3.8, 4) is 16.9 Å². The van der Waals surface area contributed by atoms with Crippen molar-refractivity contribution in [3.05, 3.63) is 69.3 Å². The van der Waals surface area contributed by atoms with Gasteiger partial charge in [0.05, 0.1) is 22.7 Å². The largest absolute Gasteiger partial charge is 0.352 e. The minimum atomic E-state index is -3.67. The Morgan fingerprint density at radius 2 is 1.62 bits per heavy atom. The Hall–Kier alpha value is -2.10. The van der Waals surface area contributed by atoms with E-state index in [1.165, 1.54) is 0 Å². The molecule has 2 heterocycles. The monoisotopic (exact) mass is 539 g/mol. The number of rotatable bonds is 5. The van der Waals surface area contributed by atoms with Crippen molar-refractivity contribution < 1.29 is 8.42 Å². The molecule has 0 unspecified atom stereocenters. The smallest absolute Gasteiger partial charge is 0.252 e. The Morgan fingerprint density at radius 3 is 2.21 bits per heavy atom. The molecule has 7 nitrogen and oxygen atoms in total. The lowest BCUT2D eigenvalue weighted by atomic mass is 10.1. The van der Waals surface area contributed by atoms with Gasteiger partial charge in [0, 0.05) is 41.8 Å². The maximum Gasteiger partial charge on any atom is 0.252 e. The Bertz CT molecular complexity index is 1310. The Labute approximate surface area is 214 Å². The predicted octanol–water partition coefficient (Wildman–Crippen LogP) is 4.84. The Morgan fingerprint density at radius 1 is 0.971 bits per heavy atom. The highest BCUT2D eigenvalue weighted by atomic mass is 35.5. The van der Waals surface area contributed by atoms with E-state index in [0.717, 1.165) is 31.5 Å². The van der Waals surface area contributed by atoms with Gasteiger partial charge in [0.25, 0.3) is 10.0 Å². The van der Waals surface area contributed by atoms with Crippen LogP contribution in [0.3, 0.4) is 0 Å². The quantitative estimate of drug-likeness (QED) is 0.342. The van der Waals surface area contributed by atoms with Crippen molar-refractivity contribution in [2.24, 2.45) is 4.40 Å². The van der Waals surface area contributed by atoms with Gasteiger partial charge in [-0.15, -0.1) is 4.40 Å². The van der Waals surface area contributed by atoms with Gasteiger partial charge in [-0.25, -0.2) is 13.1 Å². The zero-order valence-corrected chi connectivity index (χ0v) is 21.8. The first-order valence-electron chi connectivity index (χ1n) is 10.7. The lowest BCUT2D eigenvalue weighted by Gasteiger charge is -2.35. The molecule has 0 aliphatic carbocycles. The number of sulfonamides is 1. The number of piperazine rings is 1. The minimum absolute atomic E-state index is 0.317. The number of hydrogen-bond acceptors (Lipinski definition) is 4. The number of nitrogens with zero attached hydrogens (tertiary/aromatic N) is 5. The van der Waals surface area contributed by atoms with Gasteiger partial charge in [-0.1, -0.05) is 53.9 Å². The maximum atomic E-state index is 12.2. The summed E-state index contributed by atoms with van der Waals surface area (Å²) >= 11 is 18.7. The zero-order valence-electron chi connectivity index (χ0n) is 18.7. The SMILES string of the molecule is CCN1CCN(C(=NS(C)(=O)=O)c2cc(-c3ccc(Cl)cc3)n(-c3ccc(Cl)cc3Cl)n2)CC1. The van der Waals surface area contributed by atoms with Crippen LogP contribution in [0.25, 0.3) is 16.9 Å². The summed E-state index contributed by atoms with van der Waals surface area (Å²) < 4.78 is 30.2. The second-order valence-electron chi connectivity index (χ2n) is 8.00. The topological polar surface area (TPSA) is 70.8 Å². The first-order chi connectivity index (χ1) is 16.1. The van der Waals surface area contributed by atoms with Gasteiger partial charge in [-0.2, -0.15) is 5.10 Å². The molecule has 2 aromatic carbocycles. The maximum absolute atomic E-state index is 12.2. The van der Waals surface area contributed by atoms with Crippen molar-refractivity contribution in [2.45, 2.75) is 6.92 Å². The second kappa shape index (κ2) is 10.3. The first-order valence-corrected chi connectivity index (χ1v) is 13.7. The lowest BCUT2D eigenvalue weighted by molar-refractivity contribution is 0.190. The molecule has 1 saturated heterocycles. The van der Waals surface area contributed by atoms with Crippen molar-refractivity contribution in [2.75, 3.05) is 39.0 Å². The number of hydrogen-bond donors (Lipinski definition) is 0. The molecule has 0 amide bonds. The van der Waals surface area contributed by atoms with E-state index >= 15 is 0 Å². The fourth-order valence-corrected chi connectivity index (χ4v) is 4.99. The summed E-state index contributed by atoms with van der Waals surface area (Å²) in [5.74, 6) is 0.317. The normalized spacial score (nSPS) is 15.7. The zero-order chi connectivity index (χ0) is 24.5. The van der Waals surface area contributed by atoms with E-state index < -0.39 is 10.0 Å². The van der Waals surface area contributed by atoms with Crippen molar-refractivity contribution in [3.63, 3.8) is 0 Å². The summed E-state index contributed by atoms with van der Waals surface area (Å²) in [7, 11) is -3.67. The highest BCUT2D eigenvalue weighted by molar-refractivity contribution is 7.89. The molecule has 0 bridgehead atoms. The van der Waals surface area contributed by atoms with Crippen molar-refractivity contribution in [1.29, 1.82) is 0 Å². The summed E-state index contributed by atoms with van der Waals surface area (Å²) in [5, 5.41) is 6.29. The molecule has 0 atom stereocenters. The number of benzene rings is 2. The Balaban J connectivity index is 1.87. The molecule has 180 valence electrons. The Kier molecular flexibility index (Phi) is 7.54. The highest BCUT2D eigenvalue weighted by Crippen LogP contribution is 2.31. The summed E-state index contributed by atoms with van der Waals surface area (Å²) in [6, 6.07) is 14.3. The van der Waals surface area contributed by atoms with E-state index in [1.807, 2.05) is 23.1 Å². The fraction of sp³-hybridized carbons (Fsp3) is 0.304. The third-order valence-corrected chi connectivity index (χ3v) is 6.88. The van der Waals surface area contributed by atoms with Gasteiger partial charge in [-0.3, -0.25) is 0 Å². The fourth-order valence-electron chi connectivity index (χ4n) is 3.85. The summed E-state index contributed by atoms with van der Waals surface area (Å²) in [5.41, 5.74) is 2.59. The number of amidine groups is 1. The van der Waals surface area contributed by atoms with E-state index in [2.05, 4.69) is 16.2 Å². The predicted molar refractivity (Wildman–Crippen MR) is 139 cm³/mol. The summed E-state index contributed by atoms with van der Waals surface area (Å²) in [6.45, 7) is 5.97. The number of likely N-dealkylation sites (N-methyl/N-ethyl adjacent to an activating group) is 1. The molecule has 4 rings (SSSR count). The second-order valence-corrected chi connectivity index (χ2v) is 10.9. The van der Waals surface area contributed by atoms with Crippen LogP contribution < -0.4 is 0 Å². The van der Waals surface area contributed by atoms with Gasteiger partial charge >= 0.3 is 0 Å². The van der Waals surface area contributed by atoms with Crippen LogP contribution in [0.4, 0.5) is 0 Å². The highest BCUT2D eigenvalue weighted by Gasteiger charge is 2.25. The van der Waals surface area contributed by atoms with Crippen molar-refractivity contribution in [1.82, 2.24) is 19.6 Å². The standard InChI is InChI=1S/C23H24Cl3N5O2S/c1-3-29-10-12-30(13-11-29)23(28-34(2,32)33)20-15-22(16-4-6-17(24)7-5-16)31(27-20)21-9-8-18(25)14-19(21)26/h4-9,14-15H,3,10-13H2,1-2H3. The molecule has 1 fully saturated rings. The van der Waals surface area contributed by atoms with Crippen LogP contribution in [-0.4, -0.2) is 72.8 Å². The van der Waals surface area contributed by atoms with Crippen LogP contribution in [0.5, 0.6) is 0 Å². The van der Waals surface area contributed by atoms with Crippen LogP contribution in [0.1, 0.15) is 12.6 Å². The van der Waals surface area contributed by atoms with E-state index in [1.54, 1.807) is 35.0 Å². The molecule has 0 N–H and O–H groups in total. The van der Waals surface area contributed by atoms with E-state index in [4.69, 9.17) is 39.9 Å². The average Bonchev–Trinajstić information content (AvgIpc) is 3.22. The first kappa shape index (κ1) is 25.0. The van der Waals surface area contributed by atoms with Gasteiger partial charge < -0.3 is 9.80 Å². The summed E-state index contributed by atoms with van der Waals surface area (Å²) in [4.78, 5) is 4.27. The van der Waals surface area contributed by atoms with Crippen LogP contribution in [-0.2, 0) is 10.0 Å². The number of halogens is 3. The molecule has 1 aliphatic heterocycles. The average molecular weight is 541 g/mol. The van der Waals surface area contributed by atoms with Crippen LogP contribution in [0, 0.1) is 0 Å². The van der Waals surface area contributed by atoms with Gasteiger partial charge in [0.1, 0.15) is 5.69 Å². The molecular formula is C23H24Cl3N5O2S. The van der Waals surface area contributed by atoms with Crippen molar-refractivity contribution >= 4 is 50.7 Å². The lowest BCUT2D eigenvalue weighted by Crippen LogP contribution is -2.49. The molecule has 0 radical (unpaired) electrons. The third kappa shape index (κ3) is 5.75. The van der Waals surface area contributed by atoms with Gasteiger partial charge in [-0.05, 0) is 42.9 Å². The van der Waals surface area contributed by atoms with E-state index in [0.29, 0.717) is 51.1 Å². The molecule has 0 saturated carbocycles. The molecule has 0 spiro atoms. The van der Waals surface area contributed by atoms with Crippen LogP contribution >= 0.6 is 34.8 Å². The van der Waals surface area contributed by atoms with E-state index in [-0.39, 0.29) is 0 Å². The van der Waals surface area contributed by atoms with E-state index in [9.17, 15) is 8.42 Å². The molecule has 34 heavy (non-hydrogen) atoms. The minimum Gasteiger partial charge on any atom is -0.352 e. The van der Waals surface area contributed by atoms with Crippen LogP contribution in [0.2, 0.25) is 15.1 Å². The molecule has 3 aromatic rings. The molecular weight excluding hydrogens is 517 g/mol. The third-order valence-electron chi connectivity index (χ3n) is 5.59. The van der Waals surface area contributed by atoms with Crippen LogP contribution in [0.15, 0.2) is 52.9 Å².